The molecule has 0 atom stereocenters. The van der Waals surface area contributed by atoms with E-state index in [-0.39, 0.29) is 48.3 Å². The summed E-state index contributed by atoms with van der Waals surface area (Å²) in [6, 6.07) is 6.36. The topological polar surface area (TPSA) is 208 Å². The lowest BCUT2D eigenvalue weighted by atomic mass is 10.1. The number of carbonyl (C=O) groups excluding carboxylic acids is 4. The van der Waals surface area contributed by atoms with Crippen molar-refractivity contribution in [3.63, 3.8) is 0 Å². The maximum absolute atomic E-state index is 12.2. The quantitative estimate of drug-likeness (QED) is 0.150. The van der Waals surface area contributed by atoms with Crippen LogP contribution in [0.1, 0.15) is 46.4 Å². The first-order valence-corrected chi connectivity index (χ1v) is 9.30. The predicted octanol–water partition coefficient (Wildman–Crippen LogP) is 0.455. The van der Waals surface area contributed by atoms with Crippen molar-refractivity contribution in [2.75, 3.05) is 0 Å². The van der Waals surface area contributed by atoms with Gasteiger partial charge in [0, 0.05) is 25.0 Å². The molecule has 2 aromatic rings. The van der Waals surface area contributed by atoms with Crippen LogP contribution in [-0.4, -0.2) is 54.1 Å². The highest BCUT2D eigenvalue weighted by Crippen LogP contribution is 2.24. The van der Waals surface area contributed by atoms with Gasteiger partial charge >= 0.3 is 0 Å². The van der Waals surface area contributed by atoms with Gasteiger partial charge in [-0.2, -0.15) is 0 Å². The summed E-state index contributed by atoms with van der Waals surface area (Å²) in [7, 11) is 0. The molecule has 0 aliphatic heterocycles. The van der Waals surface area contributed by atoms with E-state index in [0.29, 0.717) is 10.0 Å². The summed E-state index contributed by atoms with van der Waals surface area (Å²) in [5, 5.41) is 38.5. The Morgan fingerprint density at radius 3 is 1.31 bits per heavy atom. The van der Waals surface area contributed by atoms with Crippen LogP contribution >= 0.6 is 0 Å². The normalized spacial score (nSPS) is 10.4. The van der Waals surface area contributed by atoms with Gasteiger partial charge in [-0.15, -0.1) is 0 Å². The summed E-state index contributed by atoms with van der Waals surface area (Å²) in [5.41, 5.74) is -0.549. The lowest BCUT2D eigenvalue weighted by Crippen LogP contribution is -2.43. The Labute approximate surface area is 181 Å². The highest BCUT2D eigenvalue weighted by atomic mass is 16.3. The molecule has 4 amide bonds. The summed E-state index contributed by atoms with van der Waals surface area (Å²) in [4.78, 5) is 48.6. The molecule has 0 spiro atoms. The number of rotatable bonds is 7. The number of hydrogen-bond donors (Lipinski definition) is 6. The highest BCUT2D eigenvalue weighted by molar-refractivity contribution is 6.06. The van der Waals surface area contributed by atoms with Gasteiger partial charge in [-0.3, -0.25) is 19.2 Å². The smallest absolute Gasteiger partial charge is 0.278 e. The third-order valence-electron chi connectivity index (χ3n) is 4.43. The van der Waals surface area contributed by atoms with E-state index in [0.717, 1.165) is 36.4 Å². The van der Waals surface area contributed by atoms with E-state index in [2.05, 4.69) is 0 Å². The molecule has 12 heteroatoms. The van der Waals surface area contributed by atoms with E-state index in [1.807, 2.05) is 0 Å². The lowest BCUT2D eigenvalue weighted by molar-refractivity contribution is -0.131. The predicted molar refractivity (Wildman–Crippen MR) is 109 cm³/mol. The molecule has 8 N–H and O–H groups in total. The van der Waals surface area contributed by atoms with Gasteiger partial charge in [-0.05, 0) is 37.1 Å². The molecule has 12 nitrogen and oxygen atoms in total. The Bertz CT molecular complexity index is 972. The molecule has 0 heterocycles. The number of imide groups is 2. The number of hydrazine groups is 2. The fourth-order valence-corrected chi connectivity index (χ4v) is 2.68. The fraction of sp³-hybridized carbons (Fsp3) is 0.200. The van der Waals surface area contributed by atoms with Crippen molar-refractivity contribution in [2.24, 2.45) is 11.7 Å². The highest BCUT2D eigenvalue weighted by Gasteiger charge is 2.24. The molecule has 2 aromatic carbocycles. The standard InChI is InChI=1S/C20H22N4O8/c21-23(19(31)13-7-5-11(25)9-15(13)27)17(29)3-1-2-4-18(30)24(22)20(32)14-8-6-12(26)10-16(14)28/h5-10,25-28H,1-4,21-22H2. The van der Waals surface area contributed by atoms with E-state index in [4.69, 9.17) is 11.7 Å². The second-order valence-corrected chi connectivity index (χ2v) is 6.75. The number of benzene rings is 2. The number of hydrogen-bond acceptors (Lipinski definition) is 10. The molecule has 2 rings (SSSR count). The SMILES string of the molecule is NN(C(=O)CCCCC(=O)N(N)C(=O)c1ccc(O)cc1O)C(=O)c1ccc(O)cc1O. The van der Waals surface area contributed by atoms with Gasteiger partial charge in [0.2, 0.25) is 11.8 Å². The summed E-state index contributed by atoms with van der Waals surface area (Å²) >= 11 is 0. The molecule has 0 aromatic heterocycles. The maximum Gasteiger partial charge on any atom is 0.278 e. The zero-order valence-corrected chi connectivity index (χ0v) is 16.8. The first-order valence-electron chi connectivity index (χ1n) is 9.30. The molecular weight excluding hydrogens is 424 g/mol. The summed E-state index contributed by atoms with van der Waals surface area (Å²) < 4.78 is 0. The van der Waals surface area contributed by atoms with Crippen LogP contribution in [0.3, 0.4) is 0 Å². The van der Waals surface area contributed by atoms with Crippen LogP contribution in [0.2, 0.25) is 0 Å². The average molecular weight is 446 g/mol. The Morgan fingerprint density at radius 1 is 0.656 bits per heavy atom. The number of nitrogens with two attached hydrogens (primary N) is 2. The van der Waals surface area contributed by atoms with Gasteiger partial charge in [0.05, 0.1) is 11.1 Å². The molecule has 32 heavy (non-hydrogen) atoms. The van der Waals surface area contributed by atoms with E-state index in [9.17, 15) is 39.6 Å². The monoisotopic (exact) mass is 446 g/mol. The molecule has 170 valence electrons. The summed E-state index contributed by atoms with van der Waals surface area (Å²) in [5.74, 6) is 5.86. The number of phenols is 4. The minimum absolute atomic E-state index is 0.138. The van der Waals surface area contributed by atoms with Crippen LogP contribution in [0.15, 0.2) is 36.4 Å². The van der Waals surface area contributed by atoms with Crippen LogP contribution in [0.4, 0.5) is 0 Å². The van der Waals surface area contributed by atoms with Crippen LogP contribution in [0.25, 0.3) is 0 Å². The van der Waals surface area contributed by atoms with E-state index >= 15 is 0 Å². The minimum Gasteiger partial charge on any atom is -0.508 e. The van der Waals surface area contributed by atoms with Gasteiger partial charge in [-0.25, -0.2) is 21.7 Å². The Balaban J connectivity index is 1.84. The second-order valence-electron chi connectivity index (χ2n) is 6.75. The van der Waals surface area contributed by atoms with Gasteiger partial charge < -0.3 is 20.4 Å². The summed E-state index contributed by atoms with van der Waals surface area (Å²) in [6.45, 7) is 0. The van der Waals surface area contributed by atoms with Crippen LogP contribution in [0, 0.1) is 0 Å². The molecule has 0 aliphatic rings. The fourth-order valence-electron chi connectivity index (χ4n) is 2.68. The van der Waals surface area contributed by atoms with Crippen molar-refractivity contribution >= 4 is 23.6 Å². The Hall–Kier alpha value is -4.16. The number of carbonyl (C=O) groups is 4. The van der Waals surface area contributed by atoms with Crippen molar-refractivity contribution in [1.29, 1.82) is 0 Å². The molecule has 0 radical (unpaired) electrons. The number of aromatic hydroxyl groups is 4. The number of amides is 4. The largest absolute Gasteiger partial charge is 0.508 e. The van der Waals surface area contributed by atoms with Crippen molar-refractivity contribution in [1.82, 2.24) is 10.0 Å². The van der Waals surface area contributed by atoms with Crippen LogP contribution < -0.4 is 11.7 Å². The number of nitrogens with zero attached hydrogens (tertiary/aromatic N) is 2. The third-order valence-corrected chi connectivity index (χ3v) is 4.43. The molecule has 0 fully saturated rings. The van der Waals surface area contributed by atoms with E-state index < -0.39 is 35.1 Å². The third kappa shape index (κ3) is 5.71. The minimum atomic E-state index is -0.976. The molecule has 0 saturated heterocycles. The van der Waals surface area contributed by atoms with Crippen molar-refractivity contribution in [2.45, 2.75) is 25.7 Å². The first-order chi connectivity index (χ1) is 15.0. The molecule has 0 saturated carbocycles. The van der Waals surface area contributed by atoms with Gasteiger partial charge in [0.25, 0.3) is 11.8 Å². The van der Waals surface area contributed by atoms with Gasteiger partial charge in [0.15, 0.2) is 0 Å². The molecule has 0 unspecified atom stereocenters. The zero-order valence-electron chi connectivity index (χ0n) is 16.8. The summed E-state index contributed by atoms with van der Waals surface area (Å²) in [6.07, 6.45) is -0.128. The second kappa shape index (κ2) is 10.2. The number of phenolic OH excluding ortho intramolecular Hbond substituents is 4. The van der Waals surface area contributed by atoms with E-state index in [1.54, 1.807) is 0 Å². The van der Waals surface area contributed by atoms with Crippen LogP contribution in [-0.2, 0) is 9.59 Å². The zero-order chi connectivity index (χ0) is 24.0. The van der Waals surface area contributed by atoms with Crippen LogP contribution in [0.5, 0.6) is 23.0 Å². The van der Waals surface area contributed by atoms with E-state index in [1.165, 1.54) is 0 Å². The molecular formula is C20H22N4O8. The van der Waals surface area contributed by atoms with Gasteiger partial charge in [0.1, 0.15) is 23.0 Å². The van der Waals surface area contributed by atoms with Crippen molar-refractivity contribution in [3.8, 4) is 23.0 Å². The average Bonchev–Trinajstić information content (AvgIpc) is 2.74. The first kappa shape index (κ1) is 24.1. The Morgan fingerprint density at radius 2 is 1.00 bits per heavy atom. The number of unbranched alkanes of at least 4 members (excludes halogenated alkanes) is 1. The van der Waals surface area contributed by atoms with Crippen molar-refractivity contribution in [3.05, 3.63) is 47.5 Å². The maximum atomic E-state index is 12.2. The molecule has 0 bridgehead atoms. The van der Waals surface area contributed by atoms with Gasteiger partial charge in [-0.1, -0.05) is 0 Å². The lowest BCUT2D eigenvalue weighted by Gasteiger charge is -2.16. The van der Waals surface area contributed by atoms with Crippen molar-refractivity contribution < 1.29 is 39.6 Å². The Kier molecular flexibility index (Phi) is 7.71. The molecule has 0 aliphatic carbocycles.